The van der Waals surface area contributed by atoms with E-state index in [1.165, 1.54) is 16.8 Å². The maximum Gasteiger partial charge on any atom is 0.0364 e. The van der Waals surface area contributed by atoms with Gasteiger partial charge in [-0.05, 0) is 35.7 Å². The van der Waals surface area contributed by atoms with Crippen molar-refractivity contribution < 1.29 is 0 Å². The first-order chi connectivity index (χ1) is 9.08. The lowest BCUT2D eigenvalue weighted by Crippen LogP contribution is -2.15. The van der Waals surface area contributed by atoms with Crippen molar-refractivity contribution in [3.05, 3.63) is 64.1 Å². The zero-order chi connectivity index (χ0) is 13.8. The Bertz CT molecular complexity index is 552. The summed E-state index contributed by atoms with van der Waals surface area (Å²) in [6.07, 6.45) is 0.832. The van der Waals surface area contributed by atoms with Crippen LogP contribution in [0.3, 0.4) is 0 Å². The second kappa shape index (κ2) is 6.22. The fraction of sp³-hybridized carbons (Fsp3) is 0.250. The minimum atomic E-state index is 0.0126. The van der Waals surface area contributed by atoms with Gasteiger partial charge in [-0.25, -0.2) is 0 Å². The maximum atomic E-state index is 6.33. The molecule has 0 radical (unpaired) electrons. The molecule has 2 aromatic rings. The molecule has 0 aliphatic rings. The first-order valence-corrected chi connectivity index (χ1v) is 7.13. The van der Waals surface area contributed by atoms with Crippen molar-refractivity contribution in [2.24, 2.45) is 5.73 Å². The average molecular weight is 319 g/mol. The van der Waals surface area contributed by atoms with Gasteiger partial charge in [-0.3, -0.25) is 0 Å². The lowest BCUT2D eigenvalue weighted by molar-refractivity contribution is 0.719. The minimum absolute atomic E-state index is 0.0126. The van der Waals surface area contributed by atoms with E-state index in [1.54, 1.807) is 0 Å². The highest BCUT2D eigenvalue weighted by molar-refractivity contribution is 9.10. The third-order valence-electron chi connectivity index (χ3n) is 3.21. The van der Waals surface area contributed by atoms with E-state index >= 15 is 0 Å². The summed E-state index contributed by atoms with van der Waals surface area (Å²) in [6, 6.07) is 16.6. The first-order valence-electron chi connectivity index (χ1n) is 6.34. The molecule has 0 saturated heterocycles. The highest BCUT2D eigenvalue weighted by atomic mass is 79.9. The maximum absolute atomic E-state index is 6.33. The van der Waals surface area contributed by atoms with Crippen LogP contribution in [0.5, 0.6) is 0 Å². The molecule has 0 fully saturated rings. The SMILES string of the molecule is CN(C)c1cccc(C(N)Cc2ccccc2Br)c1. The van der Waals surface area contributed by atoms with Gasteiger partial charge in [0, 0.05) is 30.3 Å². The van der Waals surface area contributed by atoms with Gasteiger partial charge in [-0.1, -0.05) is 46.3 Å². The van der Waals surface area contributed by atoms with E-state index in [-0.39, 0.29) is 6.04 Å². The summed E-state index contributed by atoms with van der Waals surface area (Å²) < 4.78 is 1.12. The summed E-state index contributed by atoms with van der Waals surface area (Å²) in [5.41, 5.74) is 9.92. The lowest BCUT2D eigenvalue weighted by atomic mass is 9.99. The van der Waals surface area contributed by atoms with Crippen molar-refractivity contribution in [2.45, 2.75) is 12.5 Å². The molecule has 100 valence electrons. The smallest absolute Gasteiger partial charge is 0.0364 e. The van der Waals surface area contributed by atoms with Gasteiger partial charge in [0.25, 0.3) is 0 Å². The normalized spacial score (nSPS) is 12.2. The van der Waals surface area contributed by atoms with Gasteiger partial charge in [0.1, 0.15) is 0 Å². The van der Waals surface area contributed by atoms with Crippen molar-refractivity contribution in [1.29, 1.82) is 0 Å². The van der Waals surface area contributed by atoms with Gasteiger partial charge in [-0.2, -0.15) is 0 Å². The van der Waals surface area contributed by atoms with Crippen LogP contribution in [0.25, 0.3) is 0 Å². The molecule has 0 amide bonds. The van der Waals surface area contributed by atoms with Crippen LogP contribution in [0, 0.1) is 0 Å². The van der Waals surface area contributed by atoms with Gasteiger partial charge >= 0.3 is 0 Å². The summed E-state index contributed by atoms with van der Waals surface area (Å²) in [5, 5.41) is 0. The van der Waals surface area contributed by atoms with Crippen molar-refractivity contribution >= 4 is 21.6 Å². The molecule has 2 rings (SSSR count). The molecule has 0 saturated carbocycles. The van der Waals surface area contributed by atoms with E-state index in [2.05, 4.69) is 57.2 Å². The molecule has 0 aliphatic carbocycles. The number of nitrogens with two attached hydrogens (primary N) is 1. The highest BCUT2D eigenvalue weighted by Crippen LogP contribution is 2.24. The molecule has 1 atom stereocenters. The van der Waals surface area contributed by atoms with Crippen LogP contribution in [-0.2, 0) is 6.42 Å². The molecule has 2 aromatic carbocycles. The minimum Gasteiger partial charge on any atom is -0.378 e. The van der Waals surface area contributed by atoms with Crippen molar-refractivity contribution in [2.75, 3.05) is 19.0 Å². The fourth-order valence-corrected chi connectivity index (χ4v) is 2.50. The first kappa shape index (κ1) is 14.1. The Labute approximate surface area is 123 Å². The van der Waals surface area contributed by atoms with Crippen LogP contribution in [0.2, 0.25) is 0 Å². The van der Waals surface area contributed by atoms with Crippen molar-refractivity contribution in [3.63, 3.8) is 0 Å². The summed E-state index contributed by atoms with van der Waals surface area (Å²) in [4.78, 5) is 2.09. The Kier molecular flexibility index (Phi) is 4.61. The van der Waals surface area contributed by atoms with E-state index in [4.69, 9.17) is 5.73 Å². The number of benzene rings is 2. The molecule has 19 heavy (non-hydrogen) atoms. The van der Waals surface area contributed by atoms with E-state index in [0.717, 1.165) is 10.9 Å². The van der Waals surface area contributed by atoms with Gasteiger partial charge in [-0.15, -0.1) is 0 Å². The average Bonchev–Trinajstić information content (AvgIpc) is 2.41. The second-order valence-corrected chi connectivity index (χ2v) is 5.75. The Hall–Kier alpha value is -1.32. The Morgan fingerprint density at radius 3 is 2.53 bits per heavy atom. The van der Waals surface area contributed by atoms with E-state index in [0.29, 0.717) is 0 Å². The molecular weight excluding hydrogens is 300 g/mol. The molecule has 3 heteroatoms. The van der Waals surface area contributed by atoms with Crippen LogP contribution >= 0.6 is 15.9 Å². The van der Waals surface area contributed by atoms with Crippen LogP contribution in [-0.4, -0.2) is 14.1 Å². The molecule has 0 bridgehead atoms. The monoisotopic (exact) mass is 318 g/mol. The number of anilines is 1. The second-order valence-electron chi connectivity index (χ2n) is 4.89. The predicted molar refractivity (Wildman–Crippen MR) is 85.5 cm³/mol. The standard InChI is InChI=1S/C16H19BrN2/c1-19(2)14-8-5-7-13(10-14)16(18)11-12-6-3-4-9-15(12)17/h3-10,16H,11,18H2,1-2H3. The van der Waals surface area contributed by atoms with E-state index in [1.807, 2.05) is 26.2 Å². The molecule has 0 spiro atoms. The Morgan fingerprint density at radius 2 is 1.84 bits per heavy atom. The topological polar surface area (TPSA) is 29.3 Å². The van der Waals surface area contributed by atoms with Gasteiger partial charge in [0.15, 0.2) is 0 Å². The number of rotatable bonds is 4. The van der Waals surface area contributed by atoms with Crippen molar-refractivity contribution in [3.8, 4) is 0 Å². The lowest BCUT2D eigenvalue weighted by Gasteiger charge is -2.17. The highest BCUT2D eigenvalue weighted by Gasteiger charge is 2.10. The summed E-state index contributed by atoms with van der Waals surface area (Å²) in [7, 11) is 4.08. The quantitative estimate of drug-likeness (QED) is 0.930. The summed E-state index contributed by atoms with van der Waals surface area (Å²) in [5.74, 6) is 0. The summed E-state index contributed by atoms with van der Waals surface area (Å²) >= 11 is 3.57. The van der Waals surface area contributed by atoms with Crippen LogP contribution in [0.4, 0.5) is 5.69 Å². The largest absolute Gasteiger partial charge is 0.378 e. The molecule has 2 nitrogen and oxygen atoms in total. The van der Waals surface area contributed by atoms with Crippen LogP contribution in [0.1, 0.15) is 17.2 Å². The fourth-order valence-electron chi connectivity index (χ4n) is 2.05. The summed E-state index contributed by atoms with van der Waals surface area (Å²) in [6.45, 7) is 0. The van der Waals surface area contributed by atoms with E-state index < -0.39 is 0 Å². The number of nitrogens with zero attached hydrogens (tertiary/aromatic N) is 1. The molecule has 0 heterocycles. The Morgan fingerprint density at radius 1 is 1.11 bits per heavy atom. The number of halogens is 1. The van der Waals surface area contributed by atoms with Crippen LogP contribution in [0.15, 0.2) is 53.0 Å². The molecule has 0 aliphatic heterocycles. The number of hydrogen-bond donors (Lipinski definition) is 1. The zero-order valence-corrected chi connectivity index (χ0v) is 12.9. The Balaban J connectivity index is 2.18. The number of hydrogen-bond acceptors (Lipinski definition) is 2. The van der Waals surface area contributed by atoms with Crippen LogP contribution < -0.4 is 10.6 Å². The third kappa shape index (κ3) is 3.58. The predicted octanol–water partition coefficient (Wildman–Crippen LogP) is 3.76. The molecule has 0 aromatic heterocycles. The molecule has 2 N–H and O–H groups in total. The van der Waals surface area contributed by atoms with E-state index in [9.17, 15) is 0 Å². The molecule has 1 unspecified atom stereocenters. The van der Waals surface area contributed by atoms with Crippen molar-refractivity contribution in [1.82, 2.24) is 0 Å². The third-order valence-corrected chi connectivity index (χ3v) is 3.99. The zero-order valence-electron chi connectivity index (χ0n) is 11.3. The van der Waals surface area contributed by atoms with Gasteiger partial charge in [0.2, 0.25) is 0 Å². The molecular formula is C16H19BrN2. The van der Waals surface area contributed by atoms with Gasteiger partial charge < -0.3 is 10.6 Å². The van der Waals surface area contributed by atoms with Gasteiger partial charge in [0.05, 0.1) is 0 Å².